The predicted molar refractivity (Wildman–Crippen MR) is 41.2 cm³/mol. The molecule has 3 N–H and O–H groups in total. The molecule has 0 aliphatic rings. The molecule has 0 aromatic carbocycles. The Morgan fingerprint density at radius 2 is 2.45 bits per heavy atom. The van der Waals surface area contributed by atoms with Crippen LogP contribution in [-0.2, 0) is 9.63 Å². The molecule has 64 valence electrons. The molecule has 0 aliphatic heterocycles. The van der Waals surface area contributed by atoms with Crippen LogP contribution < -0.4 is 5.90 Å². The van der Waals surface area contributed by atoms with Gasteiger partial charge in [-0.05, 0) is 12.5 Å². The summed E-state index contributed by atoms with van der Waals surface area (Å²) in [5, 5.41) is 8.48. The summed E-state index contributed by atoms with van der Waals surface area (Å²) in [5.41, 5.74) is 0.495. The van der Waals surface area contributed by atoms with Gasteiger partial charge in [0, 0.05) is 5.88 Å². The SMILES string of the molecule is CC(=CCCl)C(ON)C(=O)O. The molecular formula is C6H10ClNO3. The lowest BCUT2D eigenvalue weighted by Gasteiger charge is -2.08. The van der Waals surface area contributed by atoms with Crippen LogP contribution in [0, 0.1) is 0 Å². The Morgan fingerprint density at radius 1 is 1.91 bits per heavy atom. The van der Waals surface area contributed by atoms with E-state index in [1.54, 1.807) is 6.92 Å². The van der Waals surface area contributed by atoms with Gasteiger partial charge in [0.2, 0.25) is 0 Å². The van der Waals surface area contributed by atoms with Crippen LogP contribution in [-0.4, -0.2) is 23.1 Å². The van der Waals surface area contributed by atoms with Crippen LogP contribution in [0.1, 0.15) is 6.92 Å². The van der Waals surface area contributed by atoms with E-state index in [1.807, 2.05) is 0 Å². The minimum atomic E-state index is -1.12. The molecule has 0 saturated carbocycles. The summed E-state index contributed by atoms with van der Waals surface area (Å²) < 4.78 is 0. The number of halogens is 1. The normalized spacial score (nSPS) is 14.6. The van der Waals surface area contributed by atoms with E-state index >= 15 is 0 Å². The maximum absolute atomic E-state index is 10.4. The van der Waals surface area contributed by atoms with Gasteiger partial charge < -0.3 is 5.11 Å². The molecule has 5 heteroatoms. The van der Waals surface area contributed by atoms with Gasteiger partial charge in [0.25, 0.3) is 0 Å². The van der Waals surface area contributed by atoms with Crippen LogP contribution in [0.2, 0.25) is 0 Å². The summed E-state index contributed by atoms with van der Waals surface area (Å²) in [4.78, 5) is 14.6. The second-order valence-electron chi connectivity index (χ2n) is 1.96. The summed E-state index contributed by atoms with van der Waals surface area (Å²) in [6.45, 7) is 1.59. The van der Waals surface area contributed by atoms with Crippen LogP contribution in [0.5, 0.6) is 0 Å². The van der Waals surface area contributed by atoms with Crippen molar-refractivity contribution in [3.8, 4) is 0 Å². The number of carboxylic acids is 1. The number of carboxylic acid groups (broad SMARTS) is 1. The van der Waals surface area contributed by atoms with Crippen molar-refractivity contribution in [1.29, 1.82) is 0 Å². The van der Waals surface area contributed by atoms with Gasteiger partial charge in [-0.15, -0.1) is 11.6 Å². The van der Waals surface area contributed by atoms with Gasteiger partial charge >= 0.3 is 5.97 Å². The van der Waals surface area contributed by atoms with Crippen LogP contribution in [0.15, 0.2) is 11.6 Å². The maximum atomic E-state index is 10.4. The van der Waals surface area contributed by atoms with Crippen LogP contribution in [0.4, 0.5) is 0 Å². The molecule has 0 aromatic heterocycles. The summed E-state index contributed by atoms with van der Waals surface area (Å²) >= 11 is 5.34. The molecule has 1 atom stereocenters. The third-order valence-corrected chi connectivity index (χ3v) is 1.33. The second kappa shape index (κ2) is 5.12. The molecule has 0 aliphatic carbocycles. The average Bonchev–Trinajstić information content (AvgIpc) is 1.88. The molecule has 0 spiro atoms. The van der Waals surface area contributed by atoms with E-state index in [0.29, 0.717) is 5.57 Å². The van der Waals surface area contributed by atoms with Crippen molar-refractivity contribution in [2.24, 2.45) is 5.90 Å². The number of hydrogen-bond donors (Lipinski definition) is 2. The van der Waals surface area contributed by atoms with Crippen LogP contribution in [0.3, 0.4) is 0 Å². The topological polar surface area (TPSA) is 72.5 Å². The largest absolute Gasteiger partial charge is 0.479 e. The second-order valence-corrected chi connectivity index (χ2v) is 2.27. The Kier molecular flexibility index (Phi) is 4.85. The molecule has 1 unspecified atom stereocenters. The number of allylic oxidation sites excluding steroid dienone is 1. The molecule has 0 aromatic rings. The molecule has 11 heavy (non-hydrogen) atoms. The minimum Gasteiger partial charge on any atom is -0.479 e. The molecule has 0 rings (SSSR count). The van der Waals surface area contributed by atoms with Gasteiger partial charge in [-0.1, -0.05) is 6.08 Å². The Morgan fingerprint density at radius 3 is 2.73 bits per heavy atom. The fourth-order valence-electron chi connectivity index (χ4n) is 0.589. The van der Waals surface area contributed by atoms with E-state index in [9.17, 15) is 4.79 Å². The number of nitrogens with two attached hydrogens (primary N) is 1. The lowest BCUT2D eigenvalue weighted by molar-refractivity contribution is -0.148. The molecule has 0 heterocycles. The third kappa shape index (κ3) is 3.36. The van der Waals surface area contributed by atoms with Gasteiger partial charge in [-0.3, -0.25) is 4.84 Å². The average molecular weight is 180 g/mol. The first-order chi connectivity index (χ1) is 5.13. The Labute approximate surface area is 69.5 Å². The maximum Gasteiger partial charge on any atom is 0.339 e. The van der Waals surface area contributed by atoms with Crippen LogP contribution in [0.25, 0.3) is 0 Å². The Hall–Kier alpha value is -0.580. The summed E-state index contributed by atoms with van der Waals surface area (Å²) in [6, 6.07) is 0. The molecule has 0 radical (unpaired) electrons. The van der Waals surface area contributed by atoms with Gasteiger partial charge in [0.1, 0.15) is 0 Å². The number of alkyl halides is 1. The number of carbonyl (C=O) groups is 1. The van der Waals surface area contributed by atoms with E-state index in [4.69, 9.17) is 22.6 Å². The highest BCUT2D eigenvalue weighted by Crippen LogP contribution is 2.04. The molecule has 0 bridgehead atoms. The monoisotopic (exact) mass is 179 g/mol. The van der Waals surface area contributed by atoms with Crippen molar-refractivity contribution in [1.82, 2.24) is 0 Å². The molecule has 4 nitrogen and oxygen atoms in total. The smallest absolute Gasteiger partial charge is 0.339 e. The van der Waals surface area contributed by atoms with Crippen molar-refractivity contribution in [2.45, 2.75) is 13.0 Å². The minimum absolute atomic E-state index is 0.249. The standard InChI is InChI=1S/C6H10ClNO3/c1-4(2-3-7)5(11-8)6(9)10/h2,5H,3,8H2,1H3,(H,9,10). The first kappa shape index (κ1) is 10.4. The van der Waals surface area contributed by atoms with E-state index in [2.05, 4.69) is 4.84 Å². The number of rotatable bonds is 4. The van der Waals surface area contributed by atoms with Gasteiger partial charge in [-0.25, -0.2) is 10.7 Å². The van der Waals surface area contributed by atoms with Gasteiger partial charge in [-0.2, -0.15) is 0 Å². The lowest BCUT2D eigenvalue weighted by atomic mass is 10.2. The Balaban J connectivity index is 4.25. The fourth-order valence-corrected chi connectivity index (χ4v) is 0.832. The first-order valence-corrected chi connectivity index (χ1v) is 3.48. The highest BCUT2D eigenvalue weighted by molar-refractivity contribution is 6.19. The van der Waals surface area contributed by atoms with Crippen molar-refractivity contribution < 1.29 is 14.7 Å². The zero-order valence-corrected chi connectivity index (χ0v) is 6.84. The van der Waals surface area contributed by atoms with E-state index < -0.39 is 12.1 Å². The van der Waals surface area contributed by atoms with Gasteiger partial charge in [0.15, 0.2) is 6.10 Å². The van der Waals surface area contributed by atoms with Crippen molar-refractivity contribution in [3.63, 3.8) is 0 Å². The Bertz CT molecular complexity index is 169. The van der Waals surface area contributed by atoms with E-state index in [1.165, 1.54) is 6.08 Å². The summed E-state index contributed by atoms with van der Waals surface area (Å²) in [6.07, 6.45) is 0.446. The highest BCUT2D eigenvalue weighted by Gasteiger charge is 2.18. The van der Waals surface area contributed by atoms with E-state index in [0.717, 1.165) is 0 Å². The summed E-state index contributed by atoms with van der Waals surface area (Å²) in [7, 11) is 0. The quantitative estimate of drug-likeness (QED) is 0.375. The zero-order chi connectivity index (χ0) is 8.85. The predicted octanol–water partition coefficient (Wildman–Crippen LogP) is 0.515. The molecule has 0 amide bonds. The molecule has 0 saturated heterocycles. The lowest BCUT2D eigenvalue weighted by Crippen LogP contribution is -2.28. The summed E-state index contributed by atoms with van der Waals surface area (Å²) in [5.74, 6) is 3.87. The molecule has 0 fully saturated rings. The van der Waals surface area contributed by atoms with Crippen molar-refractivity contribution in [3.05, 3.63) is 11.6 Å². The van der Waals surface area contributed by atoms with Crippen LogP contribution >= 0.6 is 11.6 Å². The van der Waals surface area contributed by atoms with E-state index in [-0.39, 0.29) is 5.88 Å². The van der Waals surface area contributed by atoms with Crippen molar-refractivity contribution >= 4 is 17.6 Å². The zero-order valence-electron chi connectivity index (χ0n) is 6.08. The fraction of sp³-hybridized carbons (Fsp3) is 0.500. The first-order valence-electron chi connectivity index (χ1n) is 2.94. The number of aliphatic carboxylic acids is 1. The highest BCUT2D eigenvalue weighted by atomic mass is 35.5. The molecular weight excluding hydrogens is 170 g/mol. The van der Waals surface area contributed by atoms with Gasteiger partial charge in [0.05, 0.1) is 0 Å². The third-order valence-electron chi connectivity index (χ3n) is 1.17. The number of hydrogen-bond acceptors (Lipinski definition) is 3. The van der Waals surface area contributed by atoms with Crippen molar-refractivity contribution in [2.75, 3.05) is 5.88 Å².